The molecule has 140 valence electrons. The van der Waals surface area contributed by atoms with Gasteiger partial charge in [-0.15, -0.1) is 11.3 Å². The molecule has 0 bridgehead atoms. The van der Waals surface area contributed by atoms with Crippen molar-refractivity contribution in [3.05, 3.63) is 57.1 Å². The van der Waals surface area contributed by atoms with Crippen LogP contribution in [0.3, 0.4) is 0 Å². The molecular weight excluding hydrogens is 372 g/mol. The third-order valence-corrected chi connectivity index (χ3v) is 4.67. The van der Waals surface area contributed by atoms with Gasteiger partial charge in [0, 0.05) is 6.07 Å². The molecule has 0 aliphatic carbocycles. The summed E-state index contributed by atoms with van der Waals surface area (Å²) in [6.45, 7) is 1.96. The smallest absolute Gasteiger partial charge is 0.345 e. The van der Waals surface area contributed by atoms with Gasteiger partial charge >= 0.3 is 5.97 Å². The number of para-hydroxylation sites is 1. The minimum atomic E-state index is -0.831. The predicted octanol–water partition coefficient (Wildman–Crippen LogP) is 3.97. The van der Waals surface area contributed by atoms with Crippen molar-refractivity contribution >= 4 is 33.2 Å². The zero-order valence-electron chi connectivity index (χ0n) is 14.6. The zero-order chi connectivity index (χ0) is 19.4. The number of esters is 1. The van der Waals surface area contributed by atoms with Gasteiger partial charge in [0.2, 0.25) is 0 Å². The third-order valence-electron chi connectivity index (χ3n) is 3.66. The number of thiazole rings is 1. The van der Waals surface area contributed by atoms with Crippen LogP contribution in [-0.4, -0.2) is 29.6 Å². The molecule has 0 saturated carbocycles. The van der Waals surface area contributed by atoms with E-state index in [4.69, 9.17) is 14.2 Å². The van der Waals surface area contributed by atoms with Crippen molar-refractivity contribution in [2.45, 2.75) is 13.5 Å². The first-order valence-corrected chi connectivity index (χ1v) is 8.86. The average molecular weight is 388 g/mol. The number of benzene rings is 2. The monoisotopic (exact) mass is 388 g/mol. The summed E-state index contributed by atoms with van der Waals surface area (Å²) in [7, 11) is 1.39. The first kappa shape index (κ1) is 18.6. The van der Waals surface area contributed by atoms with Crippen LogP contribution in [0.25, 0.3) is 10.2 Å². The van der Waals surface area contributed by atoms with E-state index < -0.39 is 16.6 Å². The first-order chi connectivity index (χ1) is 13.0. The second-order valence-corrected chi connectivity index (χ2v) is 6.48. The Morgan fingerprint density at radius 3 is 2.70 bits per heavy atom. The molecule has 1 aromatic heterocycles. The van der Waals surface area contributed by atoms with Gasteiger partial charge in [-0.2, -0.15) is 0 Å². The third kappa shape index (κ3) is 3.98. The van der Waals surface area contributed by atoms with E-state index in [2.05, 4.69) is 4.98 Å². The van der Waals surface area contributed by atoms with Crippen LogP contribution >= 0.6 is 11.3 Å². The summed E-state index contributed by atoms with van der Waals surface area (Å²) < 4.78 is 16.7. The highest BCUT2D eigenvalue weighted by Gasteiger charge is 2.26. The van der Waals surface area contributed by atoms with Crippen molar-refractivity contribution in [2.24, 2.45) is 0 Å². The molecule has 0 spiro atoms. The molecule has 0 unspecified atom stereocenters. The number of carbonyl (C=O) groups is 1. The minimum Gasteiger partial charge on any atom is -0.493 e. The number of nitrogens with zero attached hydrogens (tertiary/aromatic N) is 2. The van der Waals surface area contributed by atoms with E-state index in [0.717, 1.165) is 16.3 Å². The number of ether oxygens (including phenoxy) is 3. The fourth-order valence-electron chi connectivity index (χ4n) is 2.48. The molecule has 0 radical (unpaired) electrons. The van der Waals surface area contributed by atoms with Crippen LogP contribution in [0, 0.1) is 10.1 Å². The molecule has 0 aliphatic heterocycles. The second kappa shape index (κ2) is 8.00. The summed E-state index contributed by atoms with van der Waals surface area (Å²) in [5.41, 5.74) is 0.192. The zero-order valence-corrected chi connectivity index (χ0v) is 15.4. The van der Waals surface area contributed by atoms with Gasteiger partial charge in [0.05, 0.1) is 34.9 Å². The highest BCUT2D eigenvalue weighted by atomic mass is 32.1. The number of hydrogen-bond acceptors (Lipinski definition) is 8. The average Bonchev–Trinajstić information content (AvgIpc) is 3.09. The largest absolute Gasteiger partial charge is 0.493 e. The van der Waals surface area contributed by atoms with E-state index in [0.29, 0.717) is 11.6 Å². The Hall–Kier alpha value is -3.20. The number of aromatic nitrogens is 1. The van der Waals surface area contributed by atoms with Crippen molar-refractivity contribution < 1.29 is 23.9 Å². The lowest BCUT2D eigenvalue weighted by molar-refractivity contribution is -0.385. The maximum Gasteiger partial charge on any atom is 0.345 e. The second-order valence-electron chi connectivity index (χ2n) is 5.36. The summed E-state index contributed by atoms with van der Waals surface area (Å²) in [5.74, 6) is -0.425. The molecule has 3 rings (SSSR count). The van der Waals surface area contributed by atoms with E-state index in [9.17, 15) is 14.9 Å². The Morgan fingerprint density at radius 2 is 2.04 bits per heavy atom. The van der Waals surface area contributed by atoms with Crippen molar-refractivity contribution in [1.82, 2.24) is 4.98 Å². The molecule has 27 heavy (non-hydrogen) atoms. The molecular formula is C18H16N2O6S. The summed E-state index contributed by atoms with van der Waals surface area (Å²) in [6.07, 6.45) is 0. The number of nitro benzene ring substituents is 1. The standard InChI is InChI=1S/C18H16N2O6S/c1-3-25-15-9-13(20(22)23)11(8-14(15)24-2)18(21)26-10-17-19-12-6-4-5-7-16(12)27-17/h4-9H,3,10H2,1-2H3. The van der Waals surface area contributed by atoms with E-state index in [1.165, 1.54) is 24.5 Å². The molecule has 2 aromatic carbocycles. The van der Waals surface area contributed by atoms with Gasteiger partial charge in [0.25, 0.3) is 5.69 Å². The lowest BCUT2D eigenvalue weighted by atomic mass is 10.1. The molecule has 3 aromatic rings. The molecule has 0 amide bonds. The fraction of sp³-hybridized carbons (Fsp3) is 0.222. The Morgan fingerprint density at radius 1 is 1.26 bits per heavy atom. The Bertz CT molecular complexity index is 968. The highest BCUT2D eigenvalue weighted by Crippen LogP contribution is 2.35. The van der Waals surface area contributed by atoms with Crippen molar-refractivity contribution in [3.8, 4) is 11.5 Å². The summed E-state index contributed by atoms with van der Waals surface area (Å²) in [5, 5.41) is 12.0. The Balaban J connectivity index is 1.85. The number of nitro groups is 1. The Labute approximate surface area is 158 Å². The van der Waals surface area contributed by atoms with Crippen LogP contribution < -0.4 is 9.47 Å². The van der Waals surface area contributed by atoms with Crippen LogP contribution in [0.4, 0.5) is 5.69 Å². The van der Waals surface area contributed by atoms with E-state index >= 15 is 0 Å². The van der Waals surface area contributed by atoms with Crippen LogP contribution in [0.15, 0.2) is 36.4 Å². The summed E-state index contributed by atoms with van der Waals surface area (Å²) in [4.78, 5) is 27.5. The SMILES string of the molecule is CCOc1cc([N+](=O)[O-])c(C(=O)OCc2nc3ccccc3s2)cc1OC. The lowest BCUT2D eigenvalue weighted by Gasteiger charge is -2.11. The van der Waals surface area contributed by atoms with Crippen molar-refractivity contribution in [1.29, 1.82) is 0 Å². The summed E-state index contributed by atoms with van der Waals surface area (Å²) >= 11 is 1.39. The molecule has 0 fully saturated rings. The molecule has 1 heterocycles. The van der Waals surface area contributed by atoms with Crippen LogP contribution in [0.5, 0.6) is 11.5 Å². The van der Waals surface area contributed by atoms with Gasteiger partial charge in [0.1, 0.15) is 17.2 Å². The first-order valence-electron chi connectivity index (χ1n) is 8.04. The van der Waals surface area contributed by atoms with E-state index in [1.807, 2.05) is 24.3 Å². The molecule has 0 aliphatic rings. The number of rotatable bonds is 7. The number of fused-ring (bicyclic) bond motifs is 1. The number of methoxy groups -OCH3 is 1. The minimum absolute atomic E-state index is 0.0785. The van der Waals surface area contributed by atoms with Crippen LogP contribution in [0.2, 0.25) is 0 Å². The fourth-order valence-corrected chi connectivity index (χ4v) is 3.36. The lowest BCUT2D eigenvalue weighted by Crippen LogP contribution is -2.09. The van der Waals surface area contributed by atoms with Crippen molar-refractivity contribution in [3.63, 3.8) is 0 Å². The summed E-state index contributed by atoms with van der Waals surface area (Å²) in [6, 6.07) is 9.96. The number of carbonyl (C=O) groups excluding carboxylic acids is 1. The predicted molar refractivity (Wildman–Crippen MR) is 99.6 cm³/mol. The maximum absolute atomic E-state index is 12.4. The molecule has 9 heteroatoms. The van der Waals surface area contributed by atoms with Gasteiger partial charge in [-0.1, -0.05) is 12.1 Å². The van der Waals surface area contributed by atoms with E-state index in [1.54, 1.807) is 6.92 Å². The molecule has 0 N–H and O–H groups in total. The van der Waals surface area contributed by atoms with Crippen LogP contribution in [0.1, 0.15) is 22.3 Å². The van der Waals surface area contributed by atoms with Crippen molar-refractivity contribution in [2.75, 3.05) is 13.7 Å². The van der Waals surface area contributed by atoms with Gasteiger partial charge in [-0.25, -0.2) is 9.78 Å². The topological polar surface area (TPSA) is 101 Å². The van der Waals surface area contributed by atoms with E-state index in [-0.39, 0.29) is 23.7 Å². The molecule has 0 atom stereocenters. The Kier molecular flexibility index (Phi) is 5.51. The molecule has 8 nitrogen and oxygen atoms in total. The normalized spacial score (nSPS) is 10.6. The molecule has 0 saturated heterocycles. The highest BCUT2D eigenvalue weighted by molar-refractivity contribution is 7.18. The van der Waals surface area contributed by atoms with Gasteiger partial charge in [0.15, 0.2) is 11.5 Å². The van der Waals surface area contributed by atoms with Gasteiger partial charge in [-0.3, -0.25) is 10.1 Å². The number of hydrogen-bond donors (Lipinski definition) is 0. The van der Waals surface area contributed by atoms with Gasteiger partial charge in [-0.05, 0) is 19.1 Å². The maximum atomic E-state index is 12.4. The quantitative estimate of drug-likeness (QED) is 0.343. The van der Waals surface area contributed by atoms with Gasteiger partial charge < -0.3 is 14.2 Å². The van der Waals surface area contributed by atoms with Crippen LogP contribution in [-0.2, 0) is 11.3 Å².